The first kappa shape index (κ1) is 18.8. The van der Waals surface area contributed by atoms with Crippen molar-refractivity contribution in [3.63, 3.8) is 0 Å². The molecule has 2 aliphatic heterocycles. The first-order chi connectivity index (χ1) is 14.5. The summed E-state index contributed by atoms with van der Waals surface area (Å²) in [5, 5.41) is 7.53. The normalized spacial score (nSPS) is 21.2. The predicted octanol–water partition coefficient (Wildman–Crippen LogP) is 3.76. The van der Waals surface area contributed by atoms with E-state index in [0.29, 0.717) is 35.8 Å². The molecule has 3 aromatic rings. The van der Waals surface area contributed by atoms with Gasteiger partial charge in [0.25, 0.3) is 0 Å². The highest BCUT2D eigenvalue weighted by atomic mass is 19.1. The van der Waals surface area contributed by atoms with Crippen LogP contribution < -0.4 is 10.2 Å². The van der Waals surface area contributed by atoms with Gasteiger partial charge in [0.1, 0.15) is 17.5 Å². The van der Waals surface area contributed by atoms with Crippen LogP contribution in [0.1, 0.15) is 31.7 Å². The number of urea groups is 1. The van der Waals surface area contributed by atoms with Gasteiger partial charge < -0.3 is 9.80 Å². The molecule has 30 heavy (non-hydrogen) atoms. The van der Waals surface area contributed by atoms with E-state index < -0.39 is 17.2 Å². The molecule has 2 aliphatic rings. The Balaban J connectivity index is 1.51. The molecule has 156 valence electrons. The minimum atomic E-state index is -0.728. The molecule has 0 bridgehead atoms. The number of halogens is 2. The molecule has 0 saturated carbocycles. The van der Waals surface area contributed by atoms with Crippen molar-refractivity contribution in [2.24, 2.45) is 0 Å². The quantitative estimate of drug-likeness (QED) is 0.711. The number of likely N-dealkylation sites (tertiary alicyclic amines) is 1. The van der Waals surface area contributed by atoms with Gasteiger partial charge >= 0.3 is 6.03 Å². The van der Waals surface area contributed by atoms with Gasteiger partial charge in [0.15, 0.2) is 11.5 Å². The fourth-order valence-electron chi connectivity index (χ4n) is 4.32. The third-order valence-electron chi connectivity index (χ3n) is 6.15. The molecule has 0 aliphatic carbocycles. The van der Waals surface area contributed by atoms with Gasteiger partial charge in [0, 0.05) is 25.2 Å². The first-order valence-electron chi connectivity index (χ1n) is 10.1. The van der Waals surface area contributed by atoms with Gasteiger partial charge in [-0.15, -0.1) is 5.10 Å². The Morgan fingerprint density at radius 2 is 1.97 bits per heavy atom. The van der Waals surface area contributed by atoms with Crippen molar-refractivity contribution in [3.05, 3.63) is 53.7 Å². The Morgan fingerprint density at radius 3 is 2.73 bits per heavy atom. The van der Waals surface area contributed by atoms with E-state index in [1.54, 1.807) is 15.6 Å². The summed E-state index contributed by atoms with van der Waals surface area (Å²) in [5.41, 5.74) is 0.184. The average Bonchev–Trinajstić information content (AvgIpc) is 3.26. The monoisotopic (exact) mass is 412 g/mol. The minimum absolute atomic E-state index is 0.178. The summed E-state index contributed by atoms with van der Waals surface area (Å²) in [4.78, 5) is 20.3. The van der Waals surface area contributed by atoms with Crippen molar-refractivity contribution >= 4 is 23.3 Å². The van der Waals surface area contributed by atoms with E-state index in [-0.39, 0.29) is 6.03 Å². The number of rotatable bonds is 3. The zero-order valence-corrected chi connectivity index (χ0v) is 16.6. The van der Waals surface area contributed by atoms with Crippen LogP contribution in [0.3, 0.4) is 0 Å². The highest BCUT2D eigenvalue weighted by molar-refractivity contribution is 5.89. The van der Waals surface area contributed by atoms with Crippen LogP contribution in [-0.4, -0.2) is 45.2 Å². The van der Waals surface area contributed by atoms with Crippen LogP contribution in [0.2, 0.25) is 0 Å². The number of aromatic nitrogens is 3. The standard InChI is InChI=1S/C21H22F2N6O/c1-21(15-12-14(22)4-5-16(15)23)8-2-11-28(21)18-7-6-17-24-13-19(29(17)26-18)25-20(30)27-9-3-10-27/h4-7,12-13H,2-3,8-11H2,1H3,(H,25,30). The summed E-state index contributed by atoms with van der Waals surface area (Å²) in [6.07, 6.45) is 4.08. The molecule has 1 atom stereocenters. The van der Waals surface area contributed by atoms with Gasteiger partial charge in [-0.25, -0.2) is 18.6 Å². The fraction of sp³-hybridized carbons (Fsp3) is 0.381. The third-order valence-corrected chi connectivity index (χ3v) is 6.15. The molecule has 2 aromatic heterocycles. The van der Waals surface area contributed by atoms with Crippen LogP contribution in [0.15, 0.2) is 36.5 Å². The number of carbonyl (C=O) groups excluding carboxylic acids is 1. The number of fused-ring (bicyclic) bond motifs is 1. The molecule has 9 heteroatoms. The van der Waals surface area contributed by atoms with E-state index in [1.165, 1.54) is 12.1 Å². The highest BCUT2D eigenvalue weighted by Gasteiger charge is 2.41. The smallest absolute Gasteiger partial charge is 0.323 e. The summed E-state index contributed by atoms with van der Waals surface area (Å²) < 4.78 is 30.1. The molecule has 0 radical (unpaired) electrons. The summed E-state index contributed by atoms with van der Waals surface area (Å²) in [5.74, 6) is 0.190. The lowest BCUT2D eigenvalue weighted by molar-refractivity contribution is 0.181. The summed E-state index contributed by atoms with van der Waals surface area (Å²) in [7, 11) is 0. The molecular weight excluding hydrogens is 390 g/mol. The van der Waals surface area contributed by atoms with E-state index in [2.05, 4.69) is 15.4 Å². The van der Waals surface area contributed by atoms with Crippen LogP contribution in [0.4, 0.5) is 25.2 Å². The summed E-state index contributed by atoms with van der Waals surface area (Å²) in [6.45, 7) is 4.05. The lowest BCUT2D eigenvalue weighted by Crippen LogP contribution is -2.44. The number of anilines is 2. The van der Waals surface area contributed by atoms with Gasteiger partial charge in [0.2, 0.25) is 0 Å². The SMILES string of the molecule is CC1(c2cc(F)ccc2F)CCCN1c1ccc2ncc(NC(=O)N3CCC3)n2n1. The Hall–Kier alpha value is -3.23. The molecule has 1 aromatic carbocycles. The van der Waals surface area contributed by atoms with Crippen molar-refractivity contribution in [2.75, 3.05) is 29.9 Å². The fourth-order valence-corrected chi connectivity index (χ4v) is 4.32. The number of nitrogens with zero attached hydrogens (tertiary/aromatic N) is 5. The van der Waals surface area contributed by atoms with Gasteiger partial charge in [-0.05, 0) is 56.5 Å². The lowest BCUT2D eigenvalue weighted by Gasteiger charge is -2.37. The van der Waals surface area contributed by atoms with Gasteiger partial charge in [0.05, 0.1) is 11.7 Å². The number of imidazole rings is 1. The van der Waals surface area contributed by atoms with E-state index in [9.17, 15) is 13.6 Å². The van der Waals surface area contributed by atoms with Crippen molar-refractivity contribution in [1.82, 2.24) is 19.5 Å². The Bertz CT molecular complexity index is 1130. The van der Waals surface area contributed by atoms with Gasteiger partial charge in [-0.3, -0.25) is 5.32 Å². The maximum atomic E-state index is 14.6. The van der Waals surface area contributed by atoms with Crippen molar-refractivity contribution in [1.29, 1.82) is 0 Å². The topological polar surface area (TPSA) is 65.8 Å². The first-order valence-corrected chi connectivity index (χ1v) is 10.1. The van der Waals surface area contributed by atoms with Crippen molar-refractivity contribution < 1.29 is 13.6 Å². The van der Waals surface area contributed by atoms with Gasteiger partial charge in [-0.2, -0.15) is 4.52 Å². The molecule has 2 saturated heterocycles. The zero-order valence-electron chi connectivity index (χ0n) is 16.6. The Morgan fingerprint density at radius 1 is 1.13 bits per heavy atom. The largest absolute Gasteiger partial charge is 0.346 e. The predicted molar refractivity (Wildman–Crippen MR) is 108 cm³/mol. The summed E-state index contributed by atoms with van der Waals surface area (Å²) in [6, 6.07) is 7.02. The number of carbonyl (C=O) groups is 1. The number of hydrogen-bond donors (Lipinski definition) is 1. The Kier molecular flexibility index (Phi) is 4.34. The molecule has 2 fully saturated rings. The second-order valence-corrected chi connectivity index (χ2v) is 8.03. The maximum Gasteiger partial charge on any atom is 0.323 e. The van der Waals surface area contributed by atoms with Crippen LogP contribution in [-0.2, 0) is 5.54 Å². The number of nitrogens with one attached hydrogen (secondary N) is 1. The number of hydrogen-bond acceptors (Lipinski definition) is 4. The molecule has 0 spiro atoms. The lowest BCUT2D eigenvalue weighted by atomic mass is 9.88. The molecule has 1 unspecified atom stereocenters. The van der Waals surface area contributed by atoms with Crippen molar-refractivity contribution in [3.8, 4) is 0 Å². The van der Waals surface area contributed by atoms with Crippen LogP contribution in [0, 0.1) is 11.6 Å². The van der Waals surface area contributed by atoms with E-state index in [0.717, 1.165) is 32.0 Å². The van der Waals surface area contributed by atoms with E-state index in [4.69, 9.17) is 0 Å². The number of amides is 2. The second-order valence-electron chi connectivity index (χ2n) is 8.03. The highest BCUT2D eigenvalue weighted by Crippen LogP contribution is 2.42. The number of benzene rings is 1. The minimum Gasteiger partial charge on any atom is -0.346 e. The van der Waals surface area contributed by atoms with Gasteiger partial charge in [-0.1, -0.05) is 0 Å². The average molecular weight is 412 g/mol. The summed E-state index contributed by atoms with van der Waals surface area (Å²) >= 11 is 0. The molecule has 4 heterocycles. The maximum absolute atomic E-state index is 14.6. The third kappa shape index (κ3) is 2.96. The Labute approximate surface area is 172 Å². The zero-order chi connectivity index (χ0) is 20.9. The van der Waals surface area contributed by atoms with Crippen LogP contribution >= 0.6 is 0 Å². The molecular formula is C21H22F2N6O. The molecule has 7 nitrogen and oxygen atoms in total. The second kappa shape index (κ2) is 6.93. The van der Waals surface area contributed by atoms with E-state index in [1.807, 2.05) is 24.0 Å². The molecule has 1 N–H and O–H groups in total. The van der Waals surface area contributed by atoms with Crippen LogP contribution in [0.25, 0.3) is 5.65 Å². The van der Waals surface area contributed by atoms with Crippen molar-refractivity contribution in [2.45, 2.75) is 31.7 Å². The molecule has 2 amide bonds. The van der Waals surface area contributed by atoms with Crippen LogP contribution in [0.5, 0.6) is 0 Å². The molecule has 5 rings (SSSR count). The van der Waals surface area contributed by atoms with E-state index >= 15 is 0 Å².